The first-order valence-electron chi connectivity index (χ1n) is 7.17. The minimum Gasteiger partial charge on any atom is -0.355 e. The van der Waals surface area contributed by atoms with Gasteiger partial charge < -0.3 is 5.32 Å². The molecule has 1 aliphatic rings. The minimum absolute atomic E-state index is 0.207. The second-order valence-electron chi connectivity index (χ2n) is 5.45. The molecule has 0 aliphatic carbocycles. The van der Waals surface area contributed by atoms with E-state index in [-0.39, 0.29) is 4.90 Å². The Balaban J connectivity index is 2.03. The van der Waals surface area contributed by atoms with Crippen LogP contribution in [0.25, 0.3) is 10.8 Å². The van der Waals surface area contributed by atoms with Crippen LogP contribution >= 0.6 is 0 Å². The first kappa shape index (κ1) is 14.8. The lowest BCUT2D eigenvalue weighted by molar-refractivity contribution is -0.118. The third kappa shape index (κ3) is 2.52. The third-order valence-electron chi connectivity index (χ3n) is 3.96. The van der Waals surface area contributed by atoms with Crippen molar-refractivity contribution < 1.29 is 13.2 Å². The normalized spacial score (nSPS) is 18.4. The lowest BCUT2D eigenvalue weighted by Gasteiger charge is -2.10. The van der Waals surface area contributed by atoms with Crippen LogP contribution in [0.3, 0.4) is 0 Å². The lowest BCUT2D eigenvalue weighted by Crippen LogP contribution is -2.30. The molecule has 1 aliphatic heterocycles. The van der Waals surface area contributed by atoms with E-state index < -0.39 is 21.0 Å². The van der Waals surface area contributed by atoms with E-state index in [9.17, 15) is 13.2 Å². The van der Waals surface area contributed by atoms with Crippen LogP contribution in [0.4, 0.5) is 0 Å². The number of nitrogens with one attached hydrogen (secondary N) is 1. The van der Waals surface area contributed by atoms with Crippen LogP contribution < -0.4 is 5.32 Å². The van der Waals surface area contributed by atoms with E-state index in [1.54, 1.807) is 18.2 Å². The second kappa shape index (κ2) is 5.57. The Morgan fingerprint density at radius 3 is 2.59 bits per heavy atom. The van der Waals surface area contributed by atoms with Crippen molar-refractivity contribution in [2.24, 2.45) is 0 Å². The summed E-state index contributed by atoms with van der Waals surface area (Å²) in [6.45, 7) is 4.13. The first-order chi connectivity index (χ1) is 10.5. The van der Waals surface area contributed by atoms with Gasteiger partial charge in [0, 0.05) is 6.54 Å². The van der Waals surface area contributed by atoms with Crippen LogP contribution in [-0.4, -0.2) is 26.1 Å². The molecule has 5 heteroatoms. The number of carbonyl (C=O) groups is 1. The Morgan fingerprint density at radius 2 is 1.91 bits per heavy atom. The second-order valence-corrected chi connectivity index (χ2v) is 7.58. The average molecular weight is 315 g/mol. The molecule has 3 rings (SSSR count). The Morgan fingerprint density at radius 1 is 1.18 bits per heavy atom. The van der Waals surface area contributed by atoms with Crippen molar-refractivity contribution in [3.8, 4) is 0 Å². The van der Waals surface area contributed by atoms with Gasteiger partial charge in [0.2, 0.25) is 5.91 Å². The van der Waals surface area contributed by atoms with Crippen LogP contribution in [0.5, 0.6) is 0 Å². The van der Waals surface area contributed by atoms with Crippen molar-refractivity contribution in [2.45, 2.75) is 23.0 Å². The van der Waals surface area contributed by atoms with E-state index in [4.69, 9.17) is 0 Å². The first-order valence-corrected chi connectivity index (χ1v) is 8.72. The van der Waals surface area contributed by atoms with Gasteiger partial charge >= 0.3 is 0 Å². The number of hydrogen-bond donors (Lipinski definition) is 1. The van der Waals surface area contributed by atoms with Crippen LogP contribution in [0.1, 0.15) is 12.0 Å². The Kier molecular flexibility index (Phi) is 3.74. The number of allylic oxidation sites excluding steroid dienone is 1. The van der Waals surface area contributed by atoms with Crippen molar-refractivity contribution in [1.82, 2.24) is 5.32 Å². The van der Waals surface area contributed by atoms with Gasteiger partial charge in [-0.3, -0.25) is 4.79 Å². The highest BCUT2D eigenvalue weighted by Crippen LogP contribution is 2.25. The van der Waals surface area contributed by atoms with Gasteiger partial charge in [0.1, 0.15) is 5.25 Å². The fourth-order valence-corrected chi connectivity index (χ4v) is 4.45. The molecule has 1 fully saturated rings. The lowest BCUT2D eigenvalue weighted by atomic mass is 10.1. The van der Waals surface area contributed by atoms with E-state index in [0.717, 1.165) is 22.8 Å². The predicted molar refractivity (Wildman–Crippen MR) is 86.4 cm³/mol. The van der Waals surface area contributed by atoms with Crippen molar-refractivity contribution in [3.63, 3.8) is 0 Å². The standard InChI is InChI=1S/C17H17NO3S/c1-2-3-12-4-5-14-11-15(7-6-13(14)10-12)22(20,21)16-8-9-18-17(16)19/h2,4-7,10-11,16H,1,3,8-9H2,(H,18,19). The molecule has 1 atom stereocenters. The average Bonchev–Trinajstić information content (AvgIpc) is 2.94. The molecular formula is C17H17NO3S. The topological polar surface area (TPSA) is 63.2 Å². The smallest absolute Gasteiger partial charge is 0.238 e. The highest BCUT2D eigenvalue weighted by Gasteiger charge is 2.37. The maximum Gasteiger partial charge on any atom is 0.238 e. The summed E-state index contributed by atoms with van der Waals surface area (Å²) >= 11 is 0. The number of hydrogen-bond acceptors (Lipinski definition) is 3. The maximum atomic E-state index is 12.6. The van der Waals surface area contributed by atoms with E-state index in [0.29, 0.717) is 13.0 Å². The van der Waals surface area contributed by atoms with Crippen molar-refractivity contribution in [2.75, 3.05) is 6.54 Å². The van der Waals surface area contributed by atoms with Gasteiger partial charge in [-0.15, -0.1) is 6.58 Å². The van der Waals surface area contributed by atoms with Crippen LogP contribution in [0, 0.1) is 0 Å². The van der Waals surface area contributed by atoms with E-state index in [1.165, 1.54) is 0 Å². The molecule has 1 unspecified atom stereocenters. The summed E-state index contributed by atoms with van der Waals surface area (Å²) in [4.78, 5) is 11.9. The summed E-state index contributed by atoms with van der Waals surface area (Å²) in [5.41, 5.74) is 1.13. The largest absolute Gasteiger partial charge is 0.355 e. The molecule has 1 heterocycles. The molecule has 0 aromatic heterocycles. The van der Waals surface area contributed by atoms with Gasteiger partial charge in [-0.2, -0.15) is 0 Å². The number of rotatable bonds is 4. The fraction of sp³-hybridized carbons (Fsp3) is 0.235. The highest BCUT2D eigenvalue weighted by molar-refractivity contribution is 7.92. The highest BCUT2D eigenvalue weighted by atomic mass is 32.2. The van der Waals surface area contributed by atoms with Crippen LogP contribution in [0.2, 0.25) is 0 Å². The predicted octanol–water partition coefficient (Wildman–Crippen LogP) is 2.23. The van der Waals surface area contributed by atoms with Crippen LogP contribution in [-0.2, 0) is 21.1 Å². The SMILES string of the molecule is C=CCc1ccc2cc(S(=O)(=O)C3CCNC3=O)ccc2c1. The third-order valence-corrected chi connectivity index (χ3v) is 6.07. The molecule has 22 heavy (non-hydrogen) atoms. The molecule has 114 valence electrons. The fourth-order valence-electron chi connectivity index (χ4n) is 2.78. The Hall–Kier alpha value is -2.14. The molecule has 0 radical (unpaired) electrons. The molecule has 1 N–H and O–H groups in total. The Labute approximate surface area is 129 Å². The summed E-state index contributed by atoms with van der Waals surface area (Å²) in [7, 11) is -3.63. The minimum atomic E-state index is -3.63. The number of amides is 1. The molecular weight excluding hydrogens is 298 g/mol. The van der Waals surface area contributed by atoms with Gasteiger partial charge in [0.05, 0.1) is 4.90 Å². The molecule has 2 aromatic rings. The summed E-state index contributed by atoms with van der Waals surface area (Å²) in [5.74, 6) is -0.401. The van der Waals surface area contributed by atoms with Crippen molar-refractivity contribution in [1.29, 1.82) is 0 Å². The van der Waals surface area contributed by atoms with Crippen molar-refractivity contribution in [3.05, 3.63) is 54.6 Å². The summed E-state index contributed by atoms with van der Waals surface area (Å²) in [6, 6.07) is 10.9. The maximum absolute atomic E-state index is 12.6. The molecule has 4 nitrogen and oxygen atoms in total. The zero-order valence-electron chi connectivity index (χ0n) is 12.1. The number of carbonyl (C=O) groups excluding carboxylic acids is 1. The quantitative estimate of drug-likeness (QED) is 0.880. The zero-order valence-corrected chi connectivity index (χ0v) is 12.9. The molecule has 1 saturated heterocycles. The number of benzene rings is 2. The summed E-state index contributed by atoms with van der Waals surface area (Å²) in [6.07, 6.45) is 2.94. The number of fused-ring (bicyclic) bond motifs is 1. The van der Waals surface area contributed by atoms with Gasteiger partial charge in [-0.1, -0.05) is 30.3 Å². The van der Waals surface area contributed by atoms with Crippen LogP contribution in [0.15, 0.2) is 53.9 Å². The van der Waals surface area contributed by atoms with Gasteiger partial charge in [0.25, 0.3) is 0 Å². The van der Waals surface area contributed by atoms with E-state index >= 15 is 0 Å². The molecule has 0 bridgehead atoms. The molecule has 0 spiro atoms. The Bertz CT molecular complexity index is 855. The van der Waals surface area contributed by atoms with Gasteiger partial charge in [-0.25, -0.2) is 8.42 Å². The zero-order chi connectivity index (χ0) is 15.7. The van der Waals surface area contributed by atoms with E-state index in [1.807, 2.05) is 24.3 Å². The van der Waals surface area contributed by atoms with Crippen molar-refractivity contribution >= 4 is 26.5 Å². The molecule has 0 saturated carbocycles. The summed E-state index contributed by atoms with van der Waals surface area (Å²) in [5, 5.41) is 3.44. The molecule has 2 aromatic carbocycles. The van der Waals surface area contributed by atoms with Gasteiger partial charge in [0.15, 0.2) is 9.84 Å². The van der Waals surface area contributed by atoms with E-state index in [2.05, 4.69) is 11.9 Å². The van der Waals surface area contributed by atoms with Gasteiger partial charge in [-0.05, 0) is 41.3 Å². The molecule has 1 amide bonds. The number of sulfone groups is 1. The summed E-state index contributed by atoms with van der Waals surface area (Å²) < 4.78 is 25.2. The monoisotopic (exact) mass is 315 g/mol.